The molecular formula is C20H22ClNO5S. The van der Waals surface area contributed by atoms with Gasteiger partial charge in [0, 0.05) is 17.0 Å². The molecule has 2 rings (SSSR count). The van der Waals surface area contributed by atoms with Crippen molar-refractivity contribution in [3.05, 3.63) is 70.1 Å². The number of rotatable bonds is 9. The monoisotopic (exact) mass is 423 g/mol. The van der Waals surface area contributed by atoms with Crippen LogP contribution in [0.15, 0.2) is 53.9 Å². The molecule has 0 amide bonds. The van der Waals surface area contributed by atoms with E-state index in [4.69, 9.17) is 21.4 Å². The Morgan fingerprint density at radius 3 is 2.32 bits per heavy atom. The third kappa shape index (κ3) is 6.99. The van der Waals surface area contributed by atoms with E-state index in [1.54, 1.807) is 48.5 Å². The Morgan fingerprint density at radius 1 is 1.14 bits per heavy atom. The minimum Gasteiger partial charge on any atom is -0.478 e. The fourth-order valence-electron chi connectivity index (χ4n) is 2.19. The zero-order valence-corrected chi connectivity index (χ0v) is 17.1. The SMILES string of the molecule is CC(C)(Oc1ccc(CCNS(=O)(=O)C=Cc2ccc(Cl)cc2)cc1)C(=O)O. The Labute approximate surface area is 169 Å². The Kier molecular flexibility index (Phi) is 7.23. The van der Waals surface area contributed by atoms with Crippen molar-refractivity contribution in [3.8, 4) is 5.75 Å². The summed E-state index contributed by atoms with van der Waals surface area (Å²) >= 11 is 5.79. The molecule has 0 saturated carbocycles. The third-order valence-electron chi connectivity index (χ3n) is 3.84. The molecule has 0 aromatic heterocycles. The summed E-state index contributed by atoms with van der Waals surface area (Å²) in [4.78, 5) is 11.1. The average Bonchev–Trinajstić information content (AvgIpc) is 2.62. The summed E-state index contributed by atoms with van der Waals surface area (Å²) in [6, 6.07) is 13.7. The Balaban J connectivity index is 1.86. The maximum atomic E-state index is 12.0. The van der Waals surface area contributed by atoms with Crippen molar-refractivity contribution in [2.24, 2.45) is 0 Å². The van der Waals surface area contributed by atoms with Crippen LogP contribution in [0.3, 0.4) is 0 Å². The number of carboxylic acid groups (broad SMARTS) is 1. The molecule has 0 heterocycles. The van der Waals surface area contributed by atoms with Crippen LogP contribution in [0.4, 0.5) is 0 Å². The lowest BCUT2D eigenvalue weighted by Crippen LogP contribution is -2.37. The summed E-state index contributed by atoms with van der Waals surface area (Å²) in [6.07, 6.45) is 1.98. The molecule has 2 N–H and O–H groups in total. The highest BCUT2D eigenvalue weighted by molar-refractivity contribution is 7.92. The molecule has 0 aliphatic rings. The van der Waals surface area contributed by atoms with Crippen LogP contribution < -0.4 is 9.46 Å². The number of benzene rings is 2. The van der Waals surface area contributed by atoms with Gasteiger partial charge in [-0.1, -0.05) is 35.9 Å². The molecule has 28 heavy (non-hydrogen) atoms. The molecule has 0 atom stereocenters. The lowest BCUT2D eigenvalue weighted by atomic mass is 10.1. The van der Waals surface area contributed by atoms with Gasteiger partial charge in [-0.2, -0.15) is 0 Å². The molecule has 0 saturated heterocycles. The average molecular weight is 424 g/mol. The van der Waals surface area contributed by atoms with Crippen molar-refractivity contribution in [2.45, 2.75) is 25.9 Å². The van der Waals surface area contributed by atoms with Crippen molar-refractivity contribution in [1.82, 2.24) is 4.72 Å². The van der Waals surface area contributed by atoms with Crippen LogP contribution in [0.5, 0.6) is 5.75 Å². The molecule has 0 bridgehead atoms. The van der Waals surface area contributed by atoms with Gasteiger partial charge in [0.2, 0.25) is 10.0 Å². The summed E-state index contributed by atoms with van der Waals surface area (Å²) in [7, 11) is -3.56. The van der Waals surface area contributed by atoms with Gasteiger partial charge in [0.1, 0.15) is 5.75 Å². The van der Waals surface area contributed by atoms with Gasteiger partial charge in [-0.15, -0.1) is 0 Å². The molecule has 0 aliphatic carbocycles. The fraction of sp³-hybridized carbons (Fsp3) is 0.250. The quantitative estimate of drug-likeness (QED) is 0.641. The molecule has 6 nitrogen and oxygen atoms in total. The second-order valence-electron chi connectivity index (χ2n) is 6.61. The van der Waals surface area contributed by atoms with E-state index in [-0.39, 0.29) is 6.54 Å². The molecule has 0 fully saturated rings. The smallest absolute Gasteiger partial charge is 0.347 e. The number of aliphatic carboxylic acids is 1. The van der Waals surface area contributed by atoms with Crippen LogP contribution in [0.2, 0.25) is 5.02 Å². The van der Waals surface area contributed by atoms with Crippen LogP contribution in [0.25, 0.3) is 6.08 Å². The van der Waals surface area contributed by atoms with E-state index in [0.717, 1.165) is 16.5 Å². The summed E-state index contributed by atoms with van der Waals surface area (Å²) in [6.45, 7) is 3.17. The van der Waals surface area contributed by atoms with Gasteiger partial charge in [-0.3, -0.25) is 0 Å². The zero-order valence-electron chi connectivity index (χ0n) is 15.6. The standard InChI is InChI=1S/C20H22ClNO5S/c1-20(2,19(23)24)27-18-9-5-15(6-10-18)11-13-22-28(25,26)14-12-16-3-7-17(21)8-4-16/h3-10,12,14,22H,11,13H2,1-2H3,(H,23,24). The molecule has 0 spiro atoms. The number of ether oxygens (including phenoxy) is 1. The highest BCUT2D eigenvalue weighted by atomic mass is 35.5. The van der Waals surface area contributed by atoms with Gasteiger partial charge < -0.3 is 9.84 Å². The first-order chi connectivity index (χ1) is 13.1. The molecule has 2 aromatic carbocycles. The predicted octanol–water partition coefficient (Wildman–Crippen LogP) is 3.71. The number of sulfonamides is 1. The lowest BCUT2D eigenvalue weighted by Gasteiger charge is -2.21. The summed E-state index contributed by atoms with van der Waals surface area (Å²) < 4.78 is 32.0. The molecular weight excluding hydrogens is 402 g/mol. The number of carboxylic acids is 1. The molecule has 150 valence electrons. The first-order valence-corrected chi connectivity index (χ1v) is 10.4. The normalized spacial score (nSPS) is 12.2. The minimum absolute atomic E-state index is 0.230. The number of carbonyl (C=O) groups is 1. The van der Waals surface area contributed by atoms with Gasteiger partial charge in [-0.25, -0.2) is 17.9 Å². The summed E-state index contributed by atoms with van der Waals surface area (Å²) in [5, 5.41) is 10.8. The number of hydrogen-bond acceptors (Lipinski definition) is 4. The van der Waals surface area contributed by atoms with E-state index in [0.29, 0.717) is 17.2 Å². The van der Waals surface area contributed by atoms with Crippen LogP contribution >= 0.6 is 11.6 Å². The van der Waals surface area contributed by atoms with Gasteiger partial charge in [0.05, 0.1) is 0 Å². The summed E-state index contributed by atoms with van der Waals surface area (Å²) in [5.41, 5.74) is 0.299. The van der Waals surface area contributed by atoms with E-state index in [2.05, 4.69) is 4.72 Å². The van der Waals surface area contributed by atoms with Gasteiger partial charge in [0.25, 0.3) is 0 Å². The van der Waals surface area contributed by atoms with Gasteiger partial charge >= 0.3 is 5.97 Å². The number of nitrogens with one attached hydrogen (secondary N) is 1. The minimum atomic E-state index is -3.56. The largest absolute Gasteiger partial charge is 0.478 e. The van der Waals surface area contributed by atoms with Crippen molar-refractivity contribution in [3.63, 3.8) is 0 Å². The van der Waals surface area contributed by atoms with E-state index in [9.17, 15) is 13.2 Å². The predicted molar refractivity (Wildman–Crippen MR) is 110 cm³/mol. The van der Waals surface area contributed by atoms with Crippen molar-refractivity contribution < 1.29 is 23.1 Å². The summed E-state index contributed by atoms with van der Waals surface area (Å²) in [5.74, 6) is -0.625. The second kappa shape index (κ2) is 9.23. The third-order valence-corrected chi connectivity index (χ3v) is 5.19. The number of hydrogen-bond donors (Lipinski definition) is 2. The van der Waals surface area contributed by atoms with Crippen molar-refractivity contribution >= 4 is 33.7 Å². The van der Waals surface area contributed by atoms with E-state index in [1.807, 2.05) is 0 Å². The maximum absolute atomic E-state index is 12.0. The highest BCUT2D eigenvalue weighted by Crippen LogP contribution is 2.19. The molecule has 8 heteroatoms. The number of halogens is 1. The Morgan fingerprint density at radius 2 is 1.75 bits per heavy atom. The fourth-order valence-corrected chi connectivity index (χ4v) is 3.14. The highest BCUT2D eigenvalue weighted by Gasteiger charge is 2.29. The van der Waals surface area contributed by atoms with Crippen molar-refractivity contribution in [2.75, 3.05) is 6.54 Å². The molecule has 2 aromatic rings. The van der Waals surface area contributed by atoms with Gasteiger partial charge in [0.15, 0.2) is 5.60 Å². The van der Waals surface area contributed by atoms with Crippen LogP contribution in [-0.4, -0.2) is 31.6 Å². The molecule has 0 unspecified atom stereocenters. The first-order valence-electron chi connectivity index (χ1n) is 8.52. The van der Waals surface area contributed by atoms with E-state index >= 15 is 0 Å². The lowest BCUT2D eigenvalue weighted by molar-refractivity contribution is -0.152. The maximum Gasteiger partial charge on any atom is 0.347 e. The first kappa shape index (κ1) is 21.9. The van der Waals surface area contributed by atoms with E-state index < -0.39 is 21.6 Å². The second-order valence-corrected chi connectivity index (χ2v) is 8.69. The zero-order chi connectivity index (χ0) is 20.8. The van der Waals surface area contributed by atoms with Crippen LogP contribution in [-0.2, 0) is 21.2 Å². The van der Waals surface area contributed by atoms with Gasteiger partial charge in [-0.05, 0) is 61.7 Å². The Bertz CT molecular complexity index is 936. The van der Waals surface area contributed by atoms with Crippen LogP contribution in [0, 0.1) is 0 Å². The molecule has 0 radical (unpaired) electrons. The van der Waals surface area contributed by atoms with Crippen molar-refractivity contribution in [1.29, 1.82) is 0 Å². The van der Waals surface area contributed by atoms with E-state index in [1.165, 1.54) is 19.9 Å². The Hall–Kier alpha value is -2.35. The van der Waals surface area contributed by atoms with Crippen LogP contribution in [0.1, 0.15) is 25.0 Å². The molecule has 0 aliphatic heterocycles. The topological polar surface area (TPSA) is 92.7 Å².